The highest BCUT2D eigenvalue weighted by Crippen LogP contribution is 2.62. The molecule has 0 saturated heterocycles. The molecule has 0 aromatic heterocycles. The van der Waals surface area contributed by atoms with Crippen LogP contribution >= 0.6 is 0 Å². The van der Waals surface area contributed by atoms with Crippen molar-refractivity contribution in [2.24, 2.45) is 17.8 Å². The summed E-state index contributed by atoms with van der Waals surface area (Å²) >= 11 is 0. The molecule has 2 unspecified atom stereocenters. The number of rotatable bonds is 3. The van der Waals surface area contributed by atoms with Gasteiger partial charge in [0.05, 0.1) is 5.92 Å². The molecular weight excluding hydrogens is 365 g/mol. The summed E-state index contributed by atoms with van der Waals surface area (Å²) in [5, 5.41) is 0. The summed E-state index contributed by atoms with van der Waals surface area (Å²) in [6.07, 6.45) is 1.90. The van der Waals surface area contributed by atoms with Crippen molar-refractivity contribution in [1.82, 2.24) is 0 Å². The third-order valence-corrected chi connectivity index (χ3v) is 5.82. The van der Waals surface area contributed by atoms with Crippen LogP contribution in [0, 0.1) is 35.2 Å². The van der Waals surface area contributed by atoms with E-state index < -0.39 is 23.1 Å². The predicted octanol–water partition coefficient (Wildman–Crippen LogP) is 5.85. The molecule has 28 heavy (non-hydrogen) atoms. The van der Waals surface area contributed by atoms with Crippen LogP contribution in [0.1, 0.15) is 45.1 Å². The molecule has 2 nitrogen and oxygen atoms in total. The molecule has 5 heteroatoms. The number of ether oxygens (including phenoxy) is 1. The van der Waals surface area contributed by atoms with Gasteiger partial charge in [0.1, 0.15) is 5.60 Å². The Morgan fingerprint density at radius 2 is 1.46 bits per heavy atom. The number of benzene rings is 2. The standard InChI is InChI=1S/C23H23F3O2/c1-23(2,3)28-22(27)20-16-8-14(9-17(16)20)12-4-6-13(7-5-12)15-10-18(24)21(26)19(25)11-15/h4-7,10-11,14,16-17,20H,8-9H2,1-3H3. The minimum atomic E-state index is -1.45. The second-order valence-electron chi connectivity index (χ2n) is 8.93. The van der Waals surface area contributed by atoms with Crippen LogP contribution in [0.3, 0.4) is 0 Å². The van der Waals surface area contributed by atoms with Crippen molar-refractivity contribution in [2.45, 2.75) is 45.1 Å². The van der Waals surface area contributed by atoms with Gasteiger partial charge < -0.3 is 4.74 Å². The molecule has 2 fully saturated rings. The zero-order valence-corrected chi connectivity index (χ0v) is 16.1. The van der Waals surface area contributed by atoms with Gasteiger partial charge in [-0.15, -0.1) is 0 Å². The monoisotopic (exact) mass is 388 g/mol. The van der Waals surface area contributed by atoms with Crippen LogP contribution in [0.15, 0.2) is 36.4 Å². The molecule has 0 spiro atoms. The zero-order valence-electron chi connectivity index (χ0n) is 16.1. The van der Waals surface area contributed by atoms with Gasteiger partial charge in [-0.05, 0) is 80.2 Å². The lowest BCUT2D eigenvalue weighted by atomic mass is 9.91. The summed E-state index contributed by atoms with van der Waals surface area (Å²) in [4.78, 5) is 12.2. The smallest absolute Gasteiger partial charge is 0.310 e. The molecule has 0 amide bonds. The Morgan fingerprint density at radius 3 is 1.96 bits per heavy atom. The lowest BCUT2D eigenvalue weighted by molar-refractivity contribution is -0.157. The van der Waals surface area contributed by atoms with E-state index in [2.05, 4.69) is 0 Å². The van der Waals surface area contributed by atoms with E-state index in [1.165, 1.54) is 0 Å². The summed E-state index contributed by atoms with van der Waals surface area (Å²) in [7, 11) is 0. The van der Waals surface area contributed by atoms with Crippen molar-refractivity contribution < 1.29 is 22.7 Å². The van der Waals surface area contributed by atoms with Crippen LogP contribution in [0.25, 0.3) is 11.1 Å². The second-order valence-corrected chi connectivity index (χ2v) is 8.93. The van der Waals surface area contributed by atoms with E-state index in [-0.39, 0.29) is 11.9 Å². The highest BCUT2D eigenvalue weighted by molar-refractivity contribution is 5.77. The minimum absolute atomic E-state index is 0.0277. The van der Waals surface area contributed by atoms with Gasteiger partial charge in [0.2, 0.25) is 0 Å². The van der Waals surface area contributed by atoms with E-state index in [9.17, 15) is 18.0 Å². The Labute approximate surface area is 162 Å². The molecule has 2 aromatic carbocycles. The molecule has 2 saturated carbocycles. The van der Waals surface area contributed by atoms with Crippen LogP contribution in [-0.2, 0) is 9.53 Å². The number of fused-ring (bicyclic) bond motifs is 1. The van der Waals surface area contributed by atoms with Gasteiger partial charge in [-0.2, -0.15) is 0 Å². The van der Waals surface area contributed by atoms with Crippen molar-refractivity contribution >= 4 is 5.97 Å². The van der Waals surface area contributed by atoms with Crippen LogP contribution in [0.4, 0.5) is 13.2 Å². The van der Waals surface area contributed by atoms with Crippen LogP contribution < -0.4 is 0 Å². The molecule has 2 aliphatic rings. The second kappa shape index (κ2) is 6.64. The third-order valence-electron chi connectivity index (χ3n) is 5.82. The first kappa shape index (κ1) is 19.0. The predicted molar refractivity (Wildman–Crippen MR) is 100 cm³/mol. The molecule has 148 valence electrons. The lowest BCUT2D eigenvalue weighted by Crippen LogP contribution is -2.26. The molecular formula is C23H23F3O2. The van der Waals surface area contributed by atoms with Gasteiger partial charge in [0, 0.05) is 0 Å². The van der Waals surface area contributed by atoms with Crippen LogP contribution in [-0.4, -0.2) is 11.6 Å². The molecule has 2 atom stereocenters. The van der Waals surface area contributed by atoms with Crippen molar-refractivity contribution in [3.05, 3.63) is 59.4 Å². The van der Waals surface area contributed by atoms with Gasteiger partial charge in [-0.25, -0.2) is 13.2 Å². The molecule has 2 aliphatic carbocycles. The topological polar surface area (TPSA) is 26.3 Å². The van der Waals surface area contributed by atoms with Gasteiger partial charge in [0.15, 0.2) is 17.5 Å². The maximum Gasteiger partial charge on any atom is 0.310 e. The highest BCUT2D eigenvalue weighted by atomic mass is 19.2. The summed E-state index contributed by atoms with van der Waals surface area (Å²) < 4.78 is 45.5. The quantitative estimate of drug-likeness (QED) is 0.487. The third kappa shape index (κ3) is 3.54. The van der Waals surface area contributed by atoms with E-state index >= 15 is 0 Å². The Balaban J connectivity index is 1.41. The van der Waals surface area contributed by atoms with Crippen molar-refractivity contribution in [1.29, 1.82) is 0 Å². The Morgan fingerprint density at radius 1 is 0.929 bits per heavy atom. The van der Waals surface area contributed by atoms with Crippen molar-refractivity contribution in [3.8, 4) is 11.1 Å². The van der Waals surface area contributed by atoms with E-state index in [0.717, 1.165) is 30.5 Å². The van der Waals surface area contributed by atoms with E-state index in [1.54, 1.807) is 12.1 Å². The van der Waals surface area contributed by atoms with Gasteiger partial charge >= 0.3 is 5.97 Å². The Bertz CT molecular complexity index is 879. The molecule has 0 bridgehead atoms. The number of hydrogen-bond acceptors (Lipinski definition) is 2. The highest BCUT2D eigenvalue weighted by Gasteiger charge is 2.60. The first-order valence-corrected chi connectivity index (χ1v) is 9.62. The molecule has 0 heterocycles. The molecule has 0 radical (unpaired) electrons. The average Bonchev–Trinajstić information content (AvgIpc) is 3.13. The fourth-order valence-corrected chi connectivity index (χ4v) is 4.50. The van der Waals surface area contributed by atoms with E-state index in [1.807, 2.05) is 32.9 Å². The Kier molecular flexibility index (Phi) is 4.52. The van der Waals surface area contributed by atoms with Crippen LogP contribution in [0.5, 0.6) is 0 Å². The summed E-state index contributed by atoms with van der Waals surface area (Å²) in [6.45, 7) is 5.64. The first-order valence-electron chi connectivity index (χ1n) is 9.62. The summed E-state index contributed by atoms with van der Waals surface area (Å²) in [6, 6.07) is 9.51. The molecule has 4 rings (SSSR count). The zero-order chi connectivity index (χ0) is 20.2. The molecule has 0 N–H and O–H groups in total. The number of carbonyl (C=O) groups is 1. The lowest BCUT2D eigenvalue weighted by Gasteiger charge is -2.21. The maximum absolute atomic E-state index is 13.5. The number of halogens is 3. The van der Waals surface area contributed by atoms with Gasteiger partial charge in [-0.1, -0.05) is 24.3 Å². The van der Waals surface area contributed by atoms with Gasteiger partial charge in [0.25, 0.3) is 0 Å². The summed E-state index contributed by atoms with van der Waals surface area (Å²) in [5.74, 6) is -2.74. The largest absolute Gasteiger partial charge is 0.460 e. The minimum Gasteiger partial charge on any atom is -0.460 e. The van der Waals surface area contributed by atoms with Crippen molar-refractivity contribution in [3.63, 3.8) is 0 Å². The maximum atomic E-state index is 13.5. The van der Waals surface area contributed by atoms with Gasteiger partial charge in [-0.3, -0.25) is 4.79 Å². The molecule has 2 aromatic rings. The average molecular weight is 388 g/mol. The van der Waals surface area contributed by atoms with E-state index in [4.69, 9.17) is 4.74 Å². The first-order chi connectivity index (χ1) is 13.1. The van der Waals surface area contributed by atoms with E-state index in [0.29, 0.717) is 28.9 Å². The fourth-order valence-electron chi connectivity index (χ4n) is 4.50. The Hall–Kier alpha value is -2.30. The van der Waals surface area contributed by atoms with Crippen molar-refractivity contribution in [2.75, 3.05) is 0 Å². The number of esters is 1. The fraction of sp³-hybridized carbons (Fsp3) is 0.435. The number of carbonyl (C=O) groups excluding carboxylic acids is 1. The SMILES string of the molecule is CC(C)(C)OC(=O)C1C2CC(c3ccc(-c4cc(F)c(F)c(F)c4)cc3)CC21. The normalized spacial score (nSPS) is 26.1. The molecule has 0 aliphatic heterocycles. The number of hydrogen-bond donors (Lipinski definition) is 0. The summed E-state index contributed by atoms with van der Waals surface area (Å²) in [5.41, 5.74) is 1.64. The van der Waals surface area contributed by atoms with Crippen LogP contribution in [0.2, 0.25) is 0 Å².